The molecule has 0 radical (unpaired) electrons. The molecule has 0 unspecified atom stereocenters. The van der Waals surface area contributed by atoms with Gasteiger partial charge >= 0.3 is 11.9 Å². The minimum Gasteiger partial charge on any atom is -0.482 e. The maximum absolute atomic E-state index is 11.9. The van der Waals surface area contributed by atoms with Gasteiger partial charge in [-0.05, 0) is 32.4 Å². The zero-order valence-corrected chi connectivity index (χ0v) is 16.5. The zero-order chi connectivity index (χ0) is 19.8. The number of rotatable bonds is 8. The van der Waals surface area contributed by atoms with Crippen molar-refractivity contribution in [3.63, 3.8) is 0 Å². The highest BCUT2D eigenvalue weighted by atomic mass is 32.2. The van der Waals surface area contributed by atoms with E-state index in [-0.39, 0.29) is 38.0 Å². The van der Waals surface area contributed by atoms with Gasteiger partial charge in [0.05, 0.1) is 30.0 Å². The number of carbonyl (C=O) groups is 3. The van der Waals surface area contributed by atoms with Crippen LogP contribution in [-0.2, 0) is 23.9 Å². The van der Waals surface area contributed by atoms with Crippen LogP contribution in [0.3, 0.4) is 0 Å². The van der Waals surface area contributed by atoms with E-state index < -0.39 is 11.9 Å². The number of ether oxygens (including phenoxy) is 3. The topological polar surface area (TPSA) is 82.1 Å². The molecule has 1 aliphatic rings. The number of amides is 1. The first-order valence-corrected chi connectivity index (χ1v) is 9.56. The summed E-state index contributed by atoms with van der Waals surface area (Å²) < 4.78 is 15.4. The molecule has 1 amide bonds. The molecule has 8 heteroatoms. The van der Waals surface area contributed by atoms with Crippen LogP contribution in [0, 0.1) is 13.8 Å². The van der Waals surface area contributed by atoms with Gasteiger partial charge < -0.3 is 19.1 Å². The molecule has 27 heavy (non-hydrogen) atoms. The Morgan fingerprint density at radius 3 is 2.74 bits per heavy atom. The van der Waals surface area contributed by atoms with Gasteiger partial charge in [0, 0.05) is 0 Å². The second-order valence-electron chi connectivity index (χ2n) is 5.85. The Bertz CT molecular complexity index is 746. The summed E-state index contributed by atoms with van der Waals surface area (Å²) in [5, 5.41) is 0.501. The molecule has 0 N–H and O–H groups in total. The molecule has 146 valence electrons. The Kier molecular flexibility index (Phi) is 7.72. The quantitative estimate of drug-likeness (QED) is 0.495. The summed E-state index contributed by atoms with van der Waals surface area (Å²) in [4.78, 5) is 36.7. The van der Waals surface area contributed by atoms with Crippen molar-refractivity contribution in [2.24, 2.45) is 0 Å². The predicted octanol–water partition coefficient (Wildman–Crippen LogP) is 2.21. The first-order chi connectivity index (χ1) is 12.9. The Hall–Kier alpha value is -2.48. The van der Waals surface area contributed by atoms with E-state index in [9.17, 15) is 14.4 Å². The molecule has 0 saturated carbocycles. The van der Waals surface area contributed by atoms with Crippen LogP contribution in [-0.4, -0.2) is 54.9 Å². The maximum atomic E-state index is 11.9. The highest BCUT2D eigenvalue weighted by Crippen LogP contribution is 2.28. The van der Waals surface area contributed by atoms with Crippen molar-refractivity contribution >= 4 is 29.6 Å². The van der Waals surface area contributed by atoms with Crippen molar-refractivity contribution in [2.75, 3.05) is 32.1 Å². The van der Waals surface area contributed by atoms with E-state index in [1.54, 1.807) is 6.92 Å². The van der Waals surface area contributed by atoms with Gasteiger partial charge in [0.2, 0.25) is 5.91 Å². The van der Waals surface area contributed by atoms with Crippen LogP contribution in [0.1, 0.15) is 18.1 Å². The summed E-state index contributed by atoms with van der Waals surface area (Å²) in [5.74, 6) is -0.292. The summed E-state index contributed by atoms with van der Waals surface area (Å²) >= 11 is 1.25. The van der Waals surface area contributed by atoms with Crippen LogP contribution in [0.15, 0.2) is 29.3 Å². The van der Waals surface area contributed by atoms with E-state index in [2.05, 4.69) is 0 Å². The van der Waals surface area contributed by atoms with Gasteiger partial charge in [-0.2, -0.15) is 0 Å². The predicted molar refractivity (Wildman–Crippen MR) is 101 cm³/mol. The molecule has 0 bridgehead atoms. The zero-order valence-electron chi connectivity index (χ0n) is 15.6. The second kappa shape index (κ2) is 10.0. The summed E-state index contributed by atoms with van der Waals surface area (Å²) in [6.45, 7) is 5.83. The minimum absolute atomic E-state index is 0.0154. The molecule has 0 atom stereocenters. The average Bonchev–Trinajstić information content (AvgIpc) is 2.94. The molecular formula is C19H23NO6S. The van der Waals surface area contributed by atoms with Crippen molar-refractivity contribution in [3.05, 3.63) is 40.4 Å². The highest BCUT2D eigenvalue weighted by molar-refractivity contribution is 8.04. The van der Waals surface area contributed by atoms with Gasteiger partial charge in [0.25, 0.3) is 0 Å². The molecule has 0 aliphatic carbocycles. The molecule has 0 spiro atoms. The van der Waals surface area contributed by atoms with Gasteiger partial charge in [-0.1, -0.05) is 29.5 Å². The Labute approximate surface area is 162 Å². The van der Waals surface area contributed by atoms with Crippen LogP contribution >= 0.6 is 11.8 Å². The normalized spacial score (nSPS) is 15.1. The van der Waals surface area contributed by atoms with Gasteiger partial charge in [0.15, 0.2) is 6.61 Å². The van der Waals surface area contributed by atoms with Crippen molar-refractivity contribution in [2.45, 2.75) is 20.8 Å². The Morgan fingerprint density at radius 1 is 1.26 bits per heavy atom. The standard InChI is InChI=1S/C19H23NO6S/c1-4-24-18(22)10-17-20(16(21)12-27-17)7-8-25-19(23)11-26-15-6-5-13(2)9-14(15)3/h5-6,9-10H,4,7-8,11-12H2,1-3H3/b17-10-. The van der Waals surface area contributed by atoms with Crippen LogP contribution in [0.2, 0.25) is 0 Å². The lowest BCUT2D eigenvalue weighted by molar-refractivity contribution is -0.147. The third-order valence-electron chi connectivity index (χ3n) is 3.69. The van der Waals surface area contributed by atoms with Crippen LogP contribution in [0.25, 0.3) is 0 Å². The van der Waals surface area contributed by atoms with Gasteiger partial charge in [-0.15, -0.1) is 0 Å². The first kappa shape index (κ1) is 20.8. The van der Waals surface area contributed by atoms with Crippen molar-refractivity contribution in [1.82, 2.24) is 4.90 Å². The van der Waals surface area contributed by atoms with Crippen LogP contribution < -0.4 is 4.74 Å². The number of aryl methyl sites for hydroxylation is 2. The summed E-state index contributed by atoms with van der Waals surface area (Å²) in [6, 6.07) is 5.68. The molecule has 0 aromatic heterocycles. The third-order valence-corrected chi connectivity index (χ3v) is 4.72. The highest BCUT2D eigenvalue weighted by Gasteiger charge is 2.27. The largest absolute Gasteiger partial charge is 0.482 e. The van der Waals surface area contributed by atoms with E-state index in [0.717, 1.165) is 11.1 Å². The number of nitrogens with zero attached hydrogens (tertiary/aromatic N) is 1. The van der Waals surface area contributed by atoms with E-state index in [1.807, 2.05) is 32.0 Å². The molecule has 1 aromatic rings. The Balaban J connectivity index is 1.79. The van der Waals surface area contributed by atoms with E-state index in [1.165, 1.54) is 22.7 Å². The van der Waals surface area contributed by atoms with E-state index in [0.29, 0.717) is 10.8 Å². The van der Waals surface area contributed by atoms with Crippen LogP contribution in [0.4, 0.5) is 0 Å². The number of hydrogen-bond donors (Lipinski definition) is 0. The lowest BCUT2D eigenvalue weighted by Crippen LogP contribution is -2.30. The van der Waals surface area contributed by atoms with Gasteiger partial charge in [0.1, 0.15) is 12.4 Å². The van der Waals surface area contributed by atoms with Crippen molar-refractivity contribution < 1.29 is 28.6 Å². The van der Waals surface area contributed by atoms with Crippen molar-refractivity contribution in [3.8, 4) is 5.75 Å². The third kappa shape index (κ3) is 6.32. The van der Waals surface area contributed by atoms with E-state index >= 15 is 0 Å². The summed E-state index contributed by atoms with van der Waals surface area (Å²) in [6.07, 6.45) is 1.28. The number of benzene rings is 1. The number of carbonyl (C=O) groups excluding carboxylic acids is 3. The SMILES string of the molecule is CCOC(=O)/C=C1\SCC(=O)N1CCOC(=O)COc1ccc(C)cc1C. The Morgan fingerprint density at radius 2 is 2.04 bits per heavy atom. The molecule has 7 nitrogen and oxygen atoms in total. The molecular weight excluding hydrogens is 370 g/mol. The monoisotopic (exact) mass is 393 g/mol. The fraction of sp³-hybridized carbons (Fsp3) is 0.421. The van der Waals surface area contributed by atoms with E-state index in [4.69, 9.17) is 14.2 Å². The first-order valence-electron chi connectivity index (χ1n) is 8.58. The average molecular weight is 393 g/mol. The minimum atomic E-state index is -0.523. The summed E-state index contributed by atoms with van der Waals surface area (Å²) in [5.41, 5.74) is 2.05. The molecule has 1 saturated heterocycles. The maximum Gasteiger partial charge on any atom is 0.344 e. The van der Waals surface area contributed by atoms with Crippen LogP contribution in [0.5, 0.6) is 5.75 Å². The fourth-order valence-electron chi connectivity index (χ4n) is 2.44. The lowest BCUT2D eigenvalue weighted by atomic mass is 10.1. The second-order valence-corrected chi connectivity index (χ2v) is 6.84. The number of hydrogen-bond acceptors (Lipinski definition) is 7. The molecule has 1 fully saturated rings. The van der Waals surface area contributed by atoms with Gasteiger partial charge in [-0.3, -0.25) is 4.79 Å². The molecule has 2 rings (SSSR count). The number of esters is 2. The van der Waals surface area contributed by atoms with Crippen molar-refractivity contribution in [1.29, 1.82) is 0 Å². The number of thioether (sulfide) groups is 1. The molecule has 1 aromatic carbocycles. The van der Waals surface area contributed by atoms with Gasteiger partial charge in [-0.25, -0.2) is 9.59 Å². The molecule has 1 aliphatic heterocycles. The molecule has 1 heterocycles. The lowest BCUT2D eigenvalue weighted by Gasteiger charge is -2.17. The summed E-state index contributed by atoms with van der Waals surface area (Å²) in [7, 11) is 0. The fourth-order valence-corrected chi connectivity index (χ4v) is 3.40. The smallest absolute Gasteiger partial charge is 0.344 e.